The average molecular weight is 468 g/mol. The standard InChI is InChI=1S/C24H15Cl2NO5/c25-17-9-11-18(12-10-17)31-19-8-4-5-15(13-19)14-20-21(28)32-22(27-20)24(26,23(29)30)16-6-2-1-3-7-16/h1-14H,(H,29,30). The van der Waals surface area contributed by atoms with E-state index in [1.165, 1.54) is 18.2 Å². The van der Waals surface area contributed by atoms with Gasteiger partial charge >= 0.3 is 11.9 Å². The number of carbonyl (C=O) groups excluding carboxylic acids is 1. The third-order valence-electron chi connectivity index (χ3n) is 4.59. The number of aliphatic imine (C=N–C) groups is 1. The fourth-order valence-corrected chi connectivity index (χ4v) is 3.36. The summed E-state index contributed by atoms with van der Waals surface area (Å²) >= 11 is 12.3. The SMILES string of the molecule is O=C1OC(C(Cl)(C(=O)O)c2ccccc2)=NC1=Cc1cccc(Oc2ccc(Cl)cc2)c1. The van der Waals surface area contributed by atoms with E-state index in [4.69, 9.17) is 32.7 Å². The molecule has 32 heavy (non-hydrogen) atoms. The molecule has 6 nitrogen and oxygen atoms in total. The third-order valence-corrected chi connectivity index (χ3v) is 5.39. The van der Waals surface area contributed by atoms with Crippen molar-refractivity contribution >= 4 is 47.1 Å². The molecule has 4 rings (SSSR count). The summed E-state index contributed by atoms with van der Waals surface area (Å²) in [5.74, 6) is -1.50. The molecule has 3 aromatic carbocycles. The molecular formula is C24H15Cl2NO5. The van der Waals surface area contributed by atoms with Crippen LogP contribution in [0.4, 0.5) is 0 Å². The molecule has 1 N–H and O–H groups in total. The van der Waals surface area contributed by atoms with Crippen LogP contribution in [0.2, 0.25) is 5.02 Å². The number of hydrogen-bond acceptors (Lipinski definition) is 5. The topological polar surface area (TPSA) is 85.2 Å². The van der Waals surface area contributed by atoms with E-state index in [9.17, 15) is 14.7 Å². The molecule has 3 aromatic rings. The van der Waals surface area contributed by atoms with Gasteiger partial charge in [-0.25, -0.2) is 14.6 Å². The first-order chi connectivity index (χ1) is 15.4. The second-order valence-corrected chi connectivity index (χ2v) is 7.80. The molecule has 1 heterocycles. The van der Waals surface area contributed by atoms with Crippen LogP contribution in [0, 0.1) is 0 Å². The Morgan fingerprint density at radius 1 is 1.00 bits per heavy atom. The number of esters is 1. The maximum absolute atomic E-state index is 12.4. The average Bonchev–Trinajstić information content (AvgIpc) is 3.16. The van der Waals surface area contributed by atoms with Crippen LogP contribution in [0.1, 0.15) is 11.1 Å². The number of carbonyl (C=O) groups is 2. The normalized spacial score (nSPS) is 16.2. The van der Waals surface area contributed by atoms with Crippen molar-refractivity contribution in [2.75, 3.05) is 0 Å². The summed E-state index contributed by atoms with van der Waals surface area (Å²) < 4.78 is 10.9. The van der Waals surface area contributed by atoms with Crippen LogP contribution in [-0.4, -0.2) is 22.9 Å². The number of cyclic esters (lactones) is 1. The molecule has 0 saturated heterocycles. The monoisotopic (exact) mass is 467 g/mol. The highest BCUT2D eigenvalue weighted by Crippen LogP contribution is 2.35. The lowest BCUT2D eigenvalue weighted by molar-refractivity contribution is -0.139. The number of benzene rings is 3. The number of hydrogen-bond donors (Lipinski definition) is 1. The van der Waals surface area contributed by atoms with Crippen LogP contribution in [0.3, 0.4) is 0 Å². The zero-order valence-corrected chi connectivity index (χ0v) is 17.9. The van der Waals surface area contributed by atoms with Crippen molar-refractivity contribution in [1.29, 1.82) is 0 Å². The summed E-state index contributed by atoms with van der Waals surface area (Å²) in [6.07, 6.45) is 1.47. The largest absolute Gasteiger partial charge is 0.479 e. The molecule has 0 fully saturated rings. The Hall–Kier alpha value is -3.61. The molecule has 1 aliphatic rings. The van der Waals surface area contributed by atoms with Crippen LogP contribution in [0.25, 0.3) is 6.08 Å². The zero-order valence-electron chi connectivity index (χ0n) is 16.4. The molecule has 8 heteroatoms. The smallest absolute Gasteiger partial charge is 0.363 e. The second kappa shape index (κ2) is 8.86. The first kappa shape index (κ1) is 21.6. The van der Waals surface area contributed by atoms with E-state index in [-0.39, 0.29) is 11.3 Å². The van der Waals surface area contributed by atoms with Crippen LogP contribution in [0.15, 0.2) is 89.6 Å². The Morgan fingerprint density at radius 3 is 2.41 bits per heavy atom. The van der Waals surface area contributed by atoms with Crippen molar-refractivity contribution in [1.82, 2.24) is 0 Å². The second-order valence-electron chi connectivity index (χ2n) is 6.79. The minimum absolute atomic E-state index is 0.0779. The van der Waals surface area contributed by atoms with Crippen molar-refractivity contribution in [3.8, 4) is 11.5 Å². The molecule has 0 spiro atoms. The molecule has 0 aromatic heterocycles. The van der Waals surface area contributed by atoms with Gasteiger partial charge in [0.15, 0.2) is 5.70 Å². The Morgan fingerprint density at radius 2 is 1.72 bits per heavy atom. The summed E-state index contributed by atoms with van der Waals surface area (Å²) in [7, 11) is 0. The van der Waals surface area contributed by atoms with Crippen LogP contribution < -0.4 is 4.74 Å². The fourth-order valence-electron chi connectivity index (χ4n) is 3.03. The van der Waals surface area contributed by atoms with Crippen LogP contribution in [-0.2, 0) is 19.2 Å². The van der Waals surface area contributed by atoms with Crippen molar-refractivity contribution in [3.63, 3.8) is 0 Å². The van der Waals surface area contributed by atoms with Gasteiger partial charge in [-0.15, -0.1) is 0 Å². The number of ether oxygens (including phenoxy) is 2. The molecule has 0 saturated carbocycles. The number of carboxylic acid groups (broad SMARTS) is 1. The van der Waals surface area contributed by atoms with E-state index >= 15 is 0 Å². The van der Waals surface area contributed by atoms with Crippen LogP contribution in [0.5, 0.6) is 11.5 Å². The lowest BCUT2D eigenvalue weighted by Crippen LogP contribution is -2.39. The summed E-state index contributed by atoms with van der Waals surface area (Å²) in [6, 6.07) is 21.9. The molecule has 160 valence electrons. The predicted molar refractivity (Wildman–Crippen MR) is 121 cm³/mol. The first-order valence-electron chi connectivity index (χ1n) is 9.40. The molecule has 1 aliphatic heterocycles. The zero-order chi connectivity index (χ0) is 22.7. The van der Waals surface area contributed by atoms with Gasteiger partial charge in [-0.2, -0.15) is 0 Å². The highest BCUT2D eigenvalue weighted by molar-refractivity contribution is 6.46. The van der Waals surface area contributed by atoms with Gasteiger partial charge in [0.1, 0.15) is 11.5 Å². The summed E-state index contributed by atoms with van der Waals surface area (Å²) in [4.78, 5) is 26.3. The van der Waals surface area contributed by atoms with E-state index < -0.39 is 22.7 Å². The fraction of sp³-hybridized carbons (Fsp3) is 0.0417. The van der Waals surface area contributed by atoms with E-state index in [1.807, 2.05) is 0 Å². The van der Waals surface area contributed by atoms with Gasteiger partial charge in [-0.05, 0) is 53.6 Å². The van der Waals surface area contributed by atoms with Gasteiger partial charge in [0.2, 0.25) is 10.8 Å². The van der Waals surface area contributed by atoms with Crippen molar-refractivity contribution < 1.29 is 24.2 Å². The third kappa shape index (κ3) is 4.37. The molecule has 0 radical (unpaired) electrons. The van der Waals surface area contributed by atoms with Crippen LogP contribution >= 0.6 is 23.2 Å². The van der Waals surface area contributed by atoms with E-state index in [0.717, 1.165) is 0 Å². The molecule has 0 amide bonds. The minimum atomic E-state index is -2.13. The number of alkyl halides is 1. The van der Waals surface area contributed by atoms with Crippen molar-refractivity contribution in [2.24, 2.45) is 4.99 Å². The van der Waals surface area contributed by atoms with E-state index in [1.54, 1.807) is 66.7 Å². The van der Waals surface area contributed by atoms with Gasteiger partial charge in [-0.3, -0.25) is 0 Å². The number of carboxylic acids is 1. The Kier molecular flexibility index (Phi) is 5.99. The lowest BCUT2D eigenvalue weighted by atomic mass is 9.98. The minimum Gasteiger partial charge on any atom is -0.479 e. The highest BCUT2D eigenvalue weighted by Gasteiger charge is 2.49. The van der Waals surface area contributed by atoms with E-state index in [2.05, 4.69) is 4.99 Å². The maximum atomic E-state index is 12.4. The number of halogens is 2. The molecule has 0 bridgehead atoms. The van der Waals surface area contributed by atoms with Gasteiger partial charge in [0.05, 0.1) is 0 Å². The Balaban J connectivity index is 1.64. The Labute approximate surface area is 193 Å². The molecule has 0 aliphatic carbocycles. The van der Waals surface area contributed by atoms with Gasteiger partial charge in [-0.1, -0.05) is 65.7 Å². The molecule has 1 atom stereocenters. The maximum Gasteiger partial charge on any atom is 0.363 e. The van der Waals surface area contributed by atoms with Crippen molar-refractivity contribution in [3.05, 3.63) is 101 Å². The first-order valence-corrected chi connectivity index (χ1v) is 10.2. The summed E-state index contributed by atoms with van der Waals surface area (Å²) in [5, 5.41) is 10.3. The van der Waals surface area contributed by atoms with Gasteiger partial charge in [0, 0.05) is 5.02 Å². The number of nitrogens with zero attached hydrogens (tertiary/aromatic N) is 1. The van der Waals surface area contributed by atoms with Gasteiger partial charge < -0.3 is 14.6 Å². The number of rotatable bonds is 6. The molecular weight excluding hydrogens is 453 g/mol. The van der Waals surface area contributed by atoms with E-state index in [0.29, 0.717) is 22.1 Å². The predicted octanol–water partition coefficient (Wildman–Crippen LogP) is 5.65. The quantitative estimate of drug-likeness (QED) is 0.287. The summed E-state index contributed by atoms with van der Waals surface area (Å²) in [6.45, 7) is 0. The van der Waals surface area contributed by atoms with Gasteiger partial charge in [0.25, 0.3) is 0 Å². The van der Waals surface area contributed by atoms with Crippen molar-refractivity contribution in [2.45, 2.75) is 4.87 Å². The summed E-state index contributed by atoms with van der Waals surface area (Å²) in [5.41, 5.74) is 0.745. The number of aliphatic carboxylic acids is 1. The Bertz CT molecular complexity index is 1240. The lowest BCUT2D eigenvalue weighted by Gasteiger charge is -2.20. The highest BCUT2D eigenvalue weighted by atomic mass is 35.5. The molecule has 1 unspecified atom stereocenters.